The van der Waals surface area contributed by atoms with Gasteiger partial charge in [0.15, 0.2) is 0 Å². The number of hydrogen-bond acceptors (Lipinski definition) is 2. The van der Waals surface area contributed by atoms with Crippen LogP contribution in [0.5, 0.6) is 0 Å². The Bertz CT molecular complexity index is 386. The summed E-state index contributed by atoms with van der Waals surface area (Å²) in [6.07, 6.45) is 1.21. The van der Waals surface area contributed by atoms with E-state index in [4.69, 9.17) is 4.74 Å². The van der Waals surface area contributed by atoms with E-state index in [9.17, 15) is 0 Å². The van der Waals surface area contributed by atoms with Crippen molar-refractivity contribution in [2.24, 2.45) is 0 Å². The van der Waals surface area contributed by atoms with Gasteiger partial charge in [0, 0.05) is 25.6 Å². The molecule has 0 radical (unpaired) electrons. The van der Waals surface area contributed by atoms with E-state index in [0.29, 0.717) is 12.0 Å². The number of ether oxygens (including phenoxy) is 1. The molecule has 1 aliphatic carbocycles. The number of methoxy groups -OCH3 is 1. The molecular formula is C15H23NO. The lowest BCUT2D eigenvalue weighted by atomic mass is 9.77. The molecule has 2 unspecified atom stereocenters. The van der Waals surface area contributed by atoms with E-state index in [-0.39, 0.29) is 5.60 Å². The molecule has 1 N–H and O–H groups in total. The van der Waals surface area contributed by atoms with Crippen LogP contribution >= 0.6 is 0 Å². The first-order chi connectivity index (χ1) is 8.04. The molecule has 1 aromatic carbocycles. The van der Waals surface area contributed by atoms with Crippen LogP contribution in [0.15, 0.2) is 24.3 Å². The number of fused-ring (bicyclic) bond motifs is 1. The van der Waals surface area contributed by atoms with Crippen LogP contribution in [0.4, 0.5) is 0 Å². The molecule has 94 valence electrons. The highest BCUT2D eigenvalue weighted by molar-refractivity contribution is 5.40. The molecule has 0 spiro atoms. The first kappa shape index (κ1) is 12.6. The lowest BCUT2D eigenvalue weighted by Gasteiger charge is -2.35. The van der Waals surface area contributed by atoms with Gasteiger partial charge in [0.1, 0.15) is 0 Å². The van der Waals surface area contributed by atoms with Gasteiger partial charge in [-0.3, -0.25) is 0 Å². The molecule has 0 fully saturated rings. The van der Waals surface area contributed by atoms with Crippen LogP contribution in [0.3, 0.4) is 0 Å². The van der Waals surface area contributed by atoms with Gasteiger partial charge in [-0.25, -0.2) is 0 Å². The van der Waals surface area contributed by atoms with E-state index in [1.807, 2.05) is 0 Å². The number of rotatable bonds is 5. The van der Waals surface area contributed by atoms with Gasteiger partial charge in [-0.1, -0.05) is 24.3 Å². The number of benzene rings is 1. The van der Waals surface area contributed by atoms with Crippen molar-refractivity contribution in [3.63, 3.8) is 0 Å². The largest absolute Gasteiger partial charge is 0.377 e. The molecule has 0 bridgehead atoms. The third kappa shape index (κ3) is 2.53. The van der Waals surface area contributed by atoms with Gasteiger partial charge in [0.25, 0.3) is 0 Å². The van der Waals surface area contributed by atoms with Gasteiger partial charge in [0.2, 0.25) is 0 Å². The summed E-state index contributed by atoms with van der Waals surface area (Å²) in [7, 11) is 1.77. The summed E-state index contributed by atoms with van der Waals surface area (Å²) in [4.78, 5) is 0. The molecule has 1 aromatic rings. The van der Waals surface area contributed by atoms with E-state index in [0.717, 1.165) is 6.54 Å². The second-order valence-electron chi connectivity index (χ2n) is 5.54. The molecule has 0 aliphatic heterocycles. The van der Waals surface area contributed by atoms with Crippen LogP contribution in [0, 0.1) is 0 Å². The van der Waals surface area contributed by atoms with E-state index >= 15 is 0 Å². The zero-order valence-electron chi connectivity index (χ0n) is 11.3. The Labute approximate surface area is 104 Å². The molecule has 0 saturated heterocycles. The summed E-state index contributed by atoms with van der Waals surface area (Å²) < 4.78 is 5.49. The molecule has 17 heavy (non-hydrogen) atoms. The van der Waals surface area contributed by atoms with Gasteiger partial charge in [0.05, 0.1) is 5.60 Å². The first-order valence-corrected chi connectivity index (χ1v) is 6.41. The van der Waals surface area contributed by atoms with Crippen molar-refractivity contribution in [2.45, 2.75) is 44.8 Å². The monoisotopic (exact) mass is 233 g/mol. The molecule has 0 heterocycles. The van der Waals surface area contributed by atoms with Crippen molar-refractivity contribution in [3.05, 3.63) is 35.4 Å². The smallest absolute Gasteiger partial charge is 0.0772 e. The highest BCUT2D eigenvalue weighted by Crippen LogP contribution is 2.34. The molecule has 1 aliphatic rings. The summed E-state index contributed by atoms with van der Waals surface area (Å²) in [6, 6.07) is 9.10. The summed E-state index contributed by atoms with van der Waals surface area (Å²) >= 11 is 0. The zero-order chi connectivity index (χ0) is 12.5. The molecule has 2 rings (SSSR count). The quantitative estimate of drug-likeness (QED) is 0.844. The third-order valence-electron chi connectivity index (χ3n) is 4.20. The summed E-state index contributed by atoms with van der Waals surface area (Å²) in [5.74, 6) is 0.682. The summed E-state index contributed by atoms with van der Waals surface area (Å²) in [5.41, 5.74) is 2.92. The van der Waals surface area contributed by atoms with Gasteiger partial charge in [-0.15, -0.1) is 0 Å². The molecule has 2 heteroatoms. The van der Waals surface area contributed by atoms with Crippen LogP contribution in [-0.2, 0) is 11.2 Å². The Balaban J connectivity index is 1.86. The molecule has 2 nitrogen and oxygen atoms in total. The normalized spacial score (nSPS) is 20.6. The van der Waals surface area contributed by atoms with E-state index in [1.54, 1.807) is 7.11 Å². The standard InChI is InChI=1S/C15H23NO/c1-11(15(2,3)17-4)16-10-13-9-12-7-5-6-8-14(12)13/h5-8,11,13,16H,9-10H2,1-4H3. The maximum absolute atomic E-state index is 5.49. The third-order valence-corrected chi connectivity index (χ3v) is 4.20. The lowest BCUT2D eigenvalue weighted by Crippen LogP contribution is -2.48. The fraction of sp³-hybridized carbons (Fsp3) is 0.600. The van der Waals surface area contributed by atoms with Crippen LogP contribution in [0.25, 0.3) is 0 Å². The zero-order valence-corrected chi connectivity index (χ0v) is 11.3. The Kier molecular flexibility index (Phi) is 3.55. The molecule has 2 atom stereocenters. The van der Waals surface area contributed by atoms with Crippen LogP contribution in [-0.4, -0.2) is 25.3 Å². The number of hydrogen-bond donors (Lipinski definition) is 1. The minimum atomic E-state index is -0.108. The minimum Gasteiger partial charge on any atom is -0.377 e. The van der Waals surface area contributed by atoms with Crippen LogP contribution < -0.4 is 5.32 Å². The average Bonchev–Trinajstić information content (AvgIpc) is 2.30. The highest BCUT2D eigenvalue weighted by atomic mass is 16.5. The lowest BCUT2D eigenvalue weighted by molar-refractivity contribution is -0.00538. The highest BCUT2D eigenvalue weighted by Gasteiger charge is 2.29. The van der Waals surface area contributed by atoms with E-state index in [1.165, 1.54) is 17.5 Å². The van der Waals surface area contributed by atoms with Crippen molar-refractivity contribution in [1.29, 1.82) is 0 Å². The maximum Gasteiger partial charge on any atom is 0.0772 e. The number of nitrogens with one attached hydrogen (secondary N) is 1. The van der Waals surface area contributed by atoms with Gasteiger partial charge < -0.3 is 10.1 Å². The van der Waals surface area contributed by atoms with Gasteiger partial charge in [-0.2, -0.15) is 0 Å². The van der Waals surface area contributed by atoms with E-state index in [2.05, 4.69) is 50.4 Å². The predicted molar refractivity (Wildman–Crippen MR) is 71.4 cm³/mol. The van der Waals surface area contributed by atoms with Crippen molar-refractivity contribution in [2.75, 3.05) is 13.7 Å². The van der Waals surface area contributed by atoms with Gasteiger partial charge >= 0.3 is 0 Å². The van der Waals surface area contributed by atoms with Crippen LogP contribution in [0.2, 0.25) is 0 Å². The molecule has 0 amide bonds. The molecular weight excluding hydrogens is 210 g/mol. The van der Waals surface area contributed by atoms with Gasteiger partial charge in [-0.05, 0) is 38.3 Å². The van der Waals surface area contributed by atoms with Crippen molar-refractivity contribution in [1.82, 2.24) is 5.32 Å². The van der Waals surface area contributed by atoms with E-state index < -0.39 is 0 Å². The predicted octanol–water partition coefficient (Wildman–Crippen LogP) is 2.73. The minimum absolute atomic E-state index is 0.108. The fourth-order valence-corrected chi connectivity index (χ4v) is 2.29. The van der Waals surface area contributed by atoms with Crippen molar-refractivity contribution in [3.8, 4) is 0 Å². The Morgan fingerprint density at radius 3 is 2.76 bits per heavy atom. The Morgan fingerprint density at radius 1 is 1.41 bits per heavy atom. The Hall–Kier alpha value is -0.860. The molecule has 0 saturated carbocycles. The summed E-state index contributed by atoms with van der Waals surface area (Å²) in [6.45, 7) is 7.48. The first-order valence-electron chi connectivity index (χ1n) is 6.41. The second kappa shape index (κ2) is 4.79. The topological polar surface area (TPSA) is 21.3 Å². The Morgan fingerprint density at radius 2 is 2.12 bits per heavy atom. The fourth-order valence-electron chi connectivity index (χ4n) is 2.29. The SMILES string of the molecule is COC(C)(C)C(C)NCC1Cc2ccccc21. The maximum atomic E-state index is 5.49. The second-order valence-corrected chi connectivity index (χ2v) is 5.54. The van der Waals surface area contributed by atoms with Crippen molar-refractivity contribution >= 4 is 0 Å². The summed E-state index contributed by atoms with van der Waals surface area (Å²) in [5, 5.41) is 3.59. The van der Waals surface area contributed by atoms with Crippen molar-refractivity contribution < 1.29 is 4.74 Å². The van der Waals surface area contributed by atoms with Crippen LogP contribution in [0.1, 0.15) is 37.8 Å². The molecule has 0 aromatic heterocycles. The average molecular weight is 233 g/mol.